The van der Waals surface area contributed by atoms with Gasteiger partial charge in [0.1, 0.15) is 0 Å². The number of carboxylic acids is 1. The molecule has 4 heteroatoms. The SMILES string of the molecule is C=CCC(CC=C)(CNC(=O)CCC(=O)O)c1ccccc1. The van der Waals surface area contributed by atoms with E-state index in [-0.39, 0.29) is 24.2 Å². The predicted octanol–water partition coefficient (Wildman–Crippen LogP) is 3.06. The van der Waals surface area contributed by atoms with Crippen LogP contribution >= 0.6 is 0 Å². The number of aliphatic carboxylic acids is 1. The summed E-state index contributed by atoms with van der Waals surface area (Å²) in [6, 6.07) is 9.92. The van der Waals surface area contributed by atoms with Gasteiger partial charge in [-0.05, 0) is 18.4 Å². The predicted molar refractivity (Wildman–Crippen MR) is 87.6 cm³/mol. The summed E-state index contributed by atoms with van der Waals surface area (Å²) in [5.74, 6) is -1.22. The monoisotopic (exact) mass is 301 g/mol. The van der Waals surface area contributed by atoms with E-state index in [0.29, 0.717) is 19.4 Å². The molecule has 0 heterocycles. The first-order valence-electron chi connectivity index (χ1n) is 7.30. The Morgan fingerprint density at radius 3 is 2.18 bits per heavy atom. The lowest BCUT2D eigenvalue weighted by Crippen LogP contribution is -2.40. The van der Waals surface area contributed by atoms with Gasteiger partial charge >= 0.3 is 5.97 Å². The number of hydrogen-bond donors (Lipinski definition) is 2. The molecule has 0 aliphatic rings. The second-order valence-corrected chi connectivity index (χ2v) is 5.30. The van der Waals surface area contributed by atoms with Gasteiger partial charge in [0, 0.05) is 18.4 Å². The second kappa shape index (κ2) is 8.82. The molecule has 1 rings (SSSR count). The van der Waals surface area contributed by atoms with Crippen LogP contribution in [0.15, 0.2) is 55.6 Å². The molecule has 118 valence electrons. The molecule has 4 nitrogen and oxygen atoms in total. The van der Waals surface area contributed by atoms with Crippen LogP contribution in [0.3, 0.4) is 0 Å². The highest BCUT2D eigenvalue weighted by Gasteiger charge is 2.30. The van der Waals surface area contributed by atoms with Gasteiger partial charge in [-0.15, -0.1) is 13.2 Å². The number of rotatable bonds is 10. The van der Waals surface area contributed by atoms with E-state index in [1.807, 2.05) is 42.5 Å². The minimum Gasteiger partial charge on any atom is -0.481 e. The molecule has 0 saturated heterocycles. The third kappa shape index (κ3) is 5.20. The molecular formula is C18H23NO3. The second-order valence-electron chi connectivity index (χ2n) is 5.30. The minimum atomic E-state index is -0.971. The lowest BCUT2D eigenvalue weighted by Gasteiger charge is -2.33. The highest BCUT2D eigenvalue weighted by molar-refractivity contribution is 5.80. The van der Waals surface area contributed by atoms with Crippen LogP contribution in [0, 0.1) is 0 Å². The Morgan fingerprint density at radius 2 is 1.68 bits per heavy atom. The number of nitrogens with one attached hydrogen (secondary N) is 1. The minimum absolute atomic E-state index is 0.0115. The van der Waals surface area contributed by atoms with Crippen molar-refractivity contribution in [2.24, 2.45) is 0 Å². The molecule has 0 unspecified atom stereocenters. The molecule has 0 saturated carbocycles. The average Bonchev–Trinajstić information content (AvgIpc) is 2.52. The van der Waals surface area contributed by atoms with Gasteiger partial charge in [0.25, 0.3) is 0 Å². The molecule has 0 radical (unpaired) electrons. The maximum absolute atomic E-state index is 11.8. The van der Waals surface area contributed by atoms with Crippen molar-refractivity contribution in [1.82, 2.24) is 5.32 Å². The van der Waals surface area contributed by atoms with Crippen molar-refractivity contribution < 1.29 is 14.7 Å². The molecule has 1 aromatic carbocycles. The van der Waals surface area contributed by atoms with Crippen LogP contribution < -0.4 is 5.32 Å². The molecule has 0 aliphatic carbocycles. The zero-order valence-electron chi connectivity index (χ0n) is 12.8. The summed E-state index contributed by atoms with van der Waals surface area (Å²) >= 11 is 0. The van der Waals surface area contributed by atoms with E-state index in [9.17, 15) is 9.59 Å². The van der Waals surface area contributed by atoms with Crippen molar-refractivity contribution in [3.05, 3.63) is 61.2 Å². The molecule has 0 aromatic heterocycles. The van der Waals surface area contributed by atoms with Gasteiger partial charge in [-0.3, -0.25) is 9.59 Å². The van der Waals surface area contributed by atoms with Crippen LogP contribution in [0.4, 0.5) is 0 Å². The normalized spacial score (nSPS) is 10.7. The van der Waals surface area contributed by atoms with Crippen LogP contribution in [0.25, 0.3) is 0 Å². The number of benzene rings is 1. The maximum Gasteiger partial charge on any atom is 0.303 e. The Hall–Kier alpha value is -2.36. The van der Waals surface area contributed by atoms with E-state index in [0.717, 1.165) is 5.56 Å². The molecule has 1 aromatic rings. The quantitative estimate of drug-likeness (QED) is 0.653. The first-order valence-corrected chi connectivity index (χ1v) is 7.30. The summed E-state index contributed by atoms with van der Waals surface area (Å²) in [5, 5.41) is 11.5. The first-order chi connectivity index (χ1) is 10.5. The molecule has 0 bridgehead atoms. The van der Waals surface area contributed by atoms with E-state index in [4.69, 9.17) is 5.11 Å². The first kappa shape index (κ1) is 17.7. The fourth-order valence-electron chi connectivity index (χ4n) is 2.49. The third-order valence-corrected chi connectivity index (χ3v) is 3.65. The van der Waals surface area contributed by atoms with Crippen molar-refractivity contribution in [2.75, 3.05) is 6.54 Å². The fraction of sp³-hybridized carbons (Fsp3) is 0.333. The van der Waals surface area contributed by atoms with Gasteiger partial charge in [0.15, 0.2) is 0 Å². The zero-order chi connectivity index (χ0) is 16.4. The topological polar surface area (TPSA) is 66.4 Å². The van der Waals surface area contributed by atoms with Gasteiger partial charge < -0.3 is 10.4 Å². The van der Waals surface area contributed by atoms with Crippen LogP contribution in [0.1, 0.15) is 31.2 Å². The van der Waals surface area contributed by atoms with Crippen LogP contribution in [0.5, 0.6) is 0 Å². The Kier molecular flexibility index (Phi) is 7.09. The molecule has 1 amide bonds. The Bertz CT molecular complexity index is 512. The van der Waals surface area contributed by atoms with Crippen LogP contribution in [0.2, 0.25) is 0 Å². The lowest BCUT2D eigenvalue weighted by molar-refractivity contribution is -0.138. The van der Waals surface area contributed by atoms with Gasteiger partial charge in [-0.2, -0.15) is 0 Å². The van der Waals surface area contributed by atoms with Gasteiger partial charge in [-0.1, -0.05) is 42.5 Å². The van der Waals surface area contributed by atoms with E-state index >= 15 is 0 Å². The standard InChI is InChI=1S/C18H23NO3/c1-3-12-18(13-4-2,15-8-6-5-7-9-15)14-19-16(20)10-11-17(21)22/h3-9H,1-2,10-14H2,(H,19,20)(H,21,22). The largest absolute Gasteiger partial charge is 0.481 e. The summed E-state index contributed by atoms with van der Waals surface area (Å²) < 4.78 is 0. The van der Waals surface area contributed by atoms with E-state index in [2.05, 4.69) is 18.5 Å². The molecule has 0 spiro atoms. The van der Waals surface area contributed by atoms with E-state index in [1.165, 1.54) is 0 Å². The number of amides is 1. The molecule has 0 atom stereocenters. The Morgan fingerprint density at radius 1 is 1.09 bits per heavy atom. The zero-order valence-corrected chi connectivity index (χ0v) is 12.8. The lowest BCUT2D eigenvalue weighted by atomic mass is 9.74. The number of carbonyl (C=O) groups is 2. The van der Waals surface area contributed by atoms with Crippen LogP contribution in [-0.4, -0.2) is 23.5 Å². The number of carboxylic acid groups (broad SMARTS) is 1. The smallest absolute Gasteiger partial charge is 0.303 e. The van der Waals surface area contributed by atoms with Crippen molar-refractivity contribution >= 4 is 11.9 Å². The van der Waals surface area contributed by atoms with Gasteiger partial charge in [0.05, 0.1) is 6.42 Å². The number of hydrogen-bond acceptors (Lipinski definition) is 2. The highest BCUT2D eigenvalue weighted by atomic mass is 16.4. The van der Waals surface area contributed by atoms with Crippen molar-refractivity contribution in [2.45, 2.75) is 31.1 Å². The van der Waals surface area contributed by atoms with Crippen molar-refractivity contribution in [1.29, 1.82) is 0 Å². The average molecular weight is 301 g/mol. The summed E-state index contributed by atoms with van der Waals surface area (Å²) in [6.07, 6.45) is 4.89. The fourth-order valence-corrected chi connectivity index (χ4v) is 2.49. The van der Waals surface area contributed by atoms with Crippen molar-refractivity contribution in [3.63, 3.8) is 0 Å². The molecule has 2 N–H and O–H groups in total. The molecule has 0 fully saturated rings. The highest BCUT2D eigenvalue weighted by Crippen LogP contribution is 2.32. The van der Waals surface area contributed by atoms with E-state index in [1.54, 1.807) is 0 Å². The third-order valence-electron chi connectivity index (χ3n) is 3.65. The van der Waals surface area contributed by atoms with Crippen molar-refractivity contribution in [3.8, 4) is 0 Å². The Labute approximate surface area is 131 Å². The van der Waals surface area contributed by atoms with Crippen LogP contribution in [-0.2, 0) is 15.0 Å². The Balaban J connectivity index is 2.86. The van der Waals surface area contributed by atoms with E-state index < -0.39 is 5.97 Å². The summed E-state index contributed by atoms with van der Waals surface area (Å²) in [5.41, 5.74) is 0.803. The molecule has 22 heavy (non-hydrogen) atoms. The van der Waals surface area contributed by atoms with Gasteiger partial charge in [0.2, 0.25) is 5.91 Å². The summed E-state index contributed by atoms with van der Waals surface area (Å²) in [7, 11) is 0. The number of carbonyl (C=O) groups excluding carboxylic acids is 1. The molecular weight excluding hydrogens is 278 g/mol. The maximum atomic E-state index is 11.8. The summed E-state index contributed by atoms with van der Waals surface area (Å²) in [4.78, 5) is 22.3. The number of allylic oxidation sites excluding steroid dienone is 2. The molecule has 0 aliphatic heterocycles. The summed E-state index contributed by atoms with van der Waals surface area (Å²) in [6.45, 7) is 8.05. The van der Waals surface area contributed by atoms with Gasteiger partial charge in [-0.25, -0.2) is 0 Å².